The third kappa shape index (κ3) is 2.28. The van der Waals surface area contributed by atoms with Crippen LogP contribution in [0.1, 0.15) is 17.9 Å². The number of nitrogens with zero attached hydrogens (tertiary/aromatic N) is 2. The lowest BCUT2D eigenvalue weighted by atomic mass is 10.0. The van der Waals surface area contributed by atoms with Gasteiger partial charge >= 0.3 is 0 Å². The lowest BCUT2D eigenvalue weighted by Gasteiger charge is -2.09. The van der Waals surface area contributed by atoms with Crippen molar-refractivity contribution < 1.29 is 9.13 Å². The maximum atomic E-state index is 13.4. The van der Waals surface area contributed by atoms with E-state index in [1.807, 2.05) is 0 Å². The van der Waals surface area contributed by atoms with E-state index in [1.54, 1.807) is 6.92 Å². The second kappa shape index (κ2) is 4.71. The highest BCUT2D eigenvalue weighted by Crippen LogP contribution is 2.19. The molecule has 0 amide bonds. The van der Waals surface area contributed by atoms with Crippen molar-refractivity contribution in [2.45, 2.75) is 19.8 Å². The zero-order chi connectivity index (χ0) is 11.5. The minimum atomic E-state index is -0.492. The summed E-state index contributed by atoms with van der Waals surface area (Å²) in [5.74, 6) is 5.80. The van der Waals surface area contributed by atoms with Crippen molar-refractivity contribution in [2.75, 3.05) is 18.6 Å². The van der Waals surface area contributed by atoms with Gasteiger partial charge in [-0.1, -0.05) is 0 Å². The highest BCUT2D eigenvalue weighted by Gasteiger charge is 2.19. The molecule has 1 atom stereocenters. The summed E-state index contributed by atoms with van der Waals surface area (Å²) in [6.07, 6.45) is 1.71. The van der Waals surface area contributed by atoms with Gasteiger partial charge in [-0.15, -0.1) is 0 Å². The molecule has 0 spiro atoms. The van der Waals surface area contributed by atoms with E-state index in [4.69, 9.17) is 10.6 Å². The topological polar surface area (TPSA) is 73.1 Å². The van der Waals surface area contributed by atoms with Crippen LogP contribution in [-0.4, -0.2) is 23.2 Å². The quantitative estimate of drug-likeness (QED) is 0.589. The zero-order valence-corrected chi connectivity index (χ0v) is 9.16. The molecule has 2 rings (SSSR count). The summed E-state index contributed by atoms with van der Waals surface area (Å²) in [7, 11) is 0. The summed E-state index contributed by atoms with van der Waals surface area (Å²) < 4.78 is 18.7. The third-order valence-corrected chi connectivity index (χ3v) is 2.70. The summed E-state index contributed by atoms with van der Waals surface area (Å²) >= 11 is 0. The van der Waals surface area contributed by atoms with Crippen molar-refractivity contribution in [1.82, 2.24) is 9.97 Å². The fraction of sp³-hybridized carbons (Fsp3) is 0.600. The first kappa shape index (κ1) is 11.2. The molecule has 0 aliphatic carbocycles. The Kier molecular flexibility index (Phi) is 3.31. The van der Waals surface area contributed by atoms with Crippen molar-refractivity contribution in [1.29, 1.82) is 0 Å². The molecule has 1 saturated heterocycles. The second-order valence-corrected chi connectivity index (χ2v) is 3.97. The minimum Gasteiger partial charge on any atom is -0.381 e. The van der Waals surface area contributed by atoms with Crippen LogP contribution in [0.15, 0.2) is 0 Å². The molecule has 16 heavy (non-hydrogen) atoms. The van der Waals surface area contributed by atoms with Gasteiger partial charge < -0.3 is 10.2 Å². The molecule has 1 aromatic heterocycles. The van der Waals surface area contributed by atoms with Gasteiger partial charge in [-0.25, -0.2) is 20.2 Å². The van der Waals surface area contributed by atoms with Crippen LogP contribution in [0.2, 0.25) is 0 Å². The van der Waals surface area contributed by atoms with Crippen molar-refractivity contribution in [3.05, 3.63) is 17.3 Å². The number of aryl methyl sites for hydroxylation is 1. The smallest absolute Gasteiger partial charge is 0.187 e. The van der Waals surface area contributed by atoms with Crippen LogP contribution in [0.3, 0.4) is 0 Å². The van der Waals surface area contributed by atoms with E-state index in [0.29, 0.717) is 23.9 Å². The van der Waals surface area contributed by atoms with E-state index in [2.05, 4.69) is 15.4 Å². The average Bonchev–Trinajstić information content (AvgIpc) is 2.76. The molecule has 5 nitrogen and oxygen atoms in total. The van der Waals surface area contributed by atoms with Crippen LogP contribution in [0.25, 0.3) is 0 Å². The van der Waals surface area contributed by atoms with Crippen LogP contribution in [0.4, 0.5) is 10.2 Å². The Labute approximate surface area is 93.2 Å². The fourth-order valence-electron chi connectivity index (χ4n) is 1.81. The molecule has 1 aliphatic rings. The maximum absolute atomic E-state index is 13.4. The van der Waals surface area contributed by atoms with Crippen LogP contribution in [0.5, 0.6) is 0 Å². The lowest BCUT2D eigenvalue weighted by Crippen LogP contribution is -2.15. The van der Waals surface area contributed by atoms with Gasteiger partial charge in [0.15, 0.2) is 11.6 Å². The van der Waals surface area contributed by atoms with E-state index in [0.717, 1.165) is 19.6 Å². The Morgan fingerprint density at radius 1 is 1.56 bits per heavy atom. The highest BCUT2D eigenvalue weighted by atomic mass is 19.1. The van der Waals surface area contributed by atoms with E-state index in [1.165, 1.54) is 0 Å². The third-order valence-electron chi connectivity index (χ3n) is 2.70. The molecule has 0 saturated carbocycles. The molecule has 0 bridgehead atoms. The molecule has 1 fully saturated rings. The molecule has 2 heterocycles. The molecule has 0 radical (unpaired) electrons. The molecule has 3 N–H and O–H groups in total. The Bertz CT molecular complexity index is 379. The standard InChI is InChI=1S/C10H15FN4O/c1-6-9(11)10(15-12)14-8(13-6)4-7-2-3-16-5-7/h7H,2-5,12H2,1H3,(H,13,14,15). The fourth-order valence-corrected chi connectivity index (χ4v) is 1.81. The second-order valence-electron chi connectivity index (χ2n) is 3.97. The molecule has 0 aromatic carbocycles. The SMILES string of the molecule is Cc1nc(CC2CCOC2)nc(NN)c1F. The van der Waals surface area contributed by atoms with Crippen molar-refractivity contribution in [2.24, 2.45) is 11.8 Å². The normalized spacial score (nSPS) is 20.1. The number of hydrogen-bond acceptors (Lipinski definition) is 5. The summed E-state index contributed by atoms with van der Waals surface area (Å²) in [4.78, 5) is 8.14. The van der Waals surface area contributed by atoms with Crippen LogP contribution < -0.4 is 11.3 Å². The monoisotopic (exact) mass is 226 g/mol. The zero-order valence-electron chi connectivity index (χ0n) is 9.16. The van der Waals surface area contributed by atoms with E-state index < -0.39 is 5.82 Å². The number of hydrazine groups is 1. The van der Waals surface area contributed by atoms with E-state index >= 15 is 0 Å². The number of nitrogens with one attached hydrogen (secondary N) is 1. The summed E-state index contributed by atoms with van der Waals surface area (Å²) in [6, 6.07) is 0. The van der Waals surface area contributed by atoms with Gasteiger partial charge in [-0.2, -0.15) is 0 Å². The number of rotatable bonds is 3. The molecular weight excluding hydrogens is 211 g/mol. The largest absolute Gasteiger partial charge is 0.381 e. The number of nitrogens with two attached hydrogens (primary N) is 1. The van der Waals surface area contributed by atoms with Gasteiger partial charge in [0, 0.05) is 19.6 Å². The van der Waals surface area contributed by atoms with Crippen molar-refractivity contribution >= 4 is 5.82 Å². The number of hydrogen-bond donors (Lipinski definition) is 2. The van der Waals surface area contributed by atoms with Crippen molar-refractivity contribution in [3.8, 4) is 0 Å². The number of nitrogen functional groups attached to an aromatic ring is 1. The molecule has 88 valence electrons. The average molecular weight is 226 g/mol. The minimum absolute atomic E-state index is 0.0569. The number of anilines is 1. The predicted octanol–water partition coefficient (Wildman–Crippen LogP) is 0.789. The van der Waals surface area contributed by atoms with Crippen molar-refractivity contribution in [3.63, 3.8) is 0 Å². The van der Waals surface area contributed by atoms with Crippen LogP contribution in [0, 0.1) is 18.7 Å². The molecular formula is C10H15FN4O. The van der Waals surface area contributed by atoms with Crippen LogP contribution in [-0.2, 0) is 11.2 Å². The molecule has 6 heteroatoms. The van der Waals surface area contributed by atoms with Gasteiger partial charge in [0.05, 0.1) is 5.69 Å². The summed E-state index contributed by atoms with van der Waals surface area (Å²) in [6.45, 7) is 3.12. The summed E-state index contributed by atoms with van der Waals surface area (Å²) in [5.41, 5.74) is 2.56. The van der Waals surface area contributed by atoms with E-state index in [9.17, 15) is 4.39 Å². The van der Waals surface area contributed by atoms with Gasteiger partial charge in [0.2, 0.25) is 0 Å². The Hall–Kier alpha value is -1.27. The molecule has 1 aliphatic heterocycles. The Morgan fingerprint density at radius 3 is 3.00 bits per heavy atom. The first-order valence-electron chi connectivity index (χ1n) is 5.28. The van der Waals surface area contributed by atoms with Crippen LogP contribution >= 0.6 is 0 Å². The molecule has 1 aromatic rings. The predicted molar refractivity (Wildman–Crippen MR) is 57.2 cm³/mol. The highest BCUT2D eigenvalue weighted by molar-refractivity contribution is 5.36. The lowest BCUT2D eigenvalue weighted by molar-refractivity contribution is 0.185. The summed E-state index contributed by atoms with van der Waals surface area (Å²) in [5, 5.41) is 0. The van der Waals surface area contributed by atoms with Gasteiger partial charge in [0.1, 0.15) is 5.82 Å². The maximum Gasteiger partial charge on any atom is 0.187 e. The van der Waals surface area contributed by atoms with Gasteiger partial charge in [-0.3, -0.25) is 0 Å². The first-order chi connectivity index (χ1) is 7.70. The Balaban J connectivity index is 2.17. The Morgan fingerprint density at radius 2 is 2.38 bits per heavy atom. The van der Waals surface area contributed by atoms with Gasteiger partial charge in [0.25, 0.3) is 0 Å². The van der Waals surface area contributed by atoms with Gasteiger partial charge in [-0.05, 0) is 19.3 Å². The number of ether oxygens (including phenoxy) is 1. The number of halogens is 1. The molecule has 1 unspecified atom stereocenters. The van der Waals surface area contributed by atoms with E-state index in [-0.39, 0.29) is 5.82 Å². The first-order valence-corrected chi connectivity index (χ1v) is 5.28. The number of aromatic nitrogens is 2.